The first-order valence-corrected chi connectivity index (χ1v) is 4.84. The van der Waals surface area contributed by atoms with Gasteiger partial charge >= 0.3 is 0 Å². The van der Waals surface area contributed by atoms with Crippen LogP contribution in [0.5, 0.6) is 0 Å². The average Bonchev–Trinajstić information content (AvgIpc) is 2.03. The highest BCUT2D eigenvalue weighted by Crippen LogP contribution is 2.15. The molecule has 0 bridgehead atoms. The predicted octanol–water partition coefficient (Wildman–Crippen LogP) is 2.62. The van der Waals surface area contributed by atoms with Crippen molar-refractivity contribution in [3.05, 3.63) is 34.9 Å². The lowest BCUT2D eigenvalue weighted by Gasteiger charge is -2.10. The van der Waals surface area contributed by atoms with Crippen LogP contribution in [0.15, 0.2) is 18.2 Å². The third-order valence-electron chi connectivity index (χ3n) is 2.46. The van der Waals surface area contributed by atoms with Gasteiger partial charge in [0.2, 0.25) is 0 Å². The summed E-state index contributed by atoms with van der Waals surface area (Å²) < 4.78 is 0. The molecule has 1 aromatic carbocycles. The van der Waals surface area contributed by atoms with Crippen LogP contribution in [0.2, 0.25) is 0 Å². The van der Waals surface area contributed by atoms with Crippen molar-refractivity contribution >= 4 is 0 Å². The van der Waals surface area contributed by atoms with Crippen LogP contribution in [0.3, 0.4) is 0 Å². The topological polar surface area (TPSA) is 20.2 Å². The Morgan fingerprint density at radius 1 is 1.23 bits per heavy atom. The fourth-order valence-corrected chi connectivity index (χ4v) is 1.60. The van der Waals surface area contributed by atoms with Crippen molar-refractivity contribution < 1.29 is 5.11 Å². The maximum Gasteiger partial charge on any atom is 0.0515 e. The van der Waals surface area contributed by atoms with Crippen molar-refractivity contribution in [2.75, 3.05) is 0 Å². The molecule has 1 atom stereocenters. The van der Waals surface area contributed by atoms with Crippen molar-refractivity contribution in [2.24, 2.45) is 0 Å². The Kier molecular flexibility index (Phi) is 3.49. The van der Waals surface area contributed by atoms with Crippen LogP contribution in [0.25, 0.3) is 0 Å². The lowest BCUT2D eigenvalue weighted by molar-refractivity contribution is 0.185. The van der Waals surface area contributed by atoms with Crippen molar-refractivity contribution in [2.45, 2.75) is 39.7 Å². The number of hydrogen-bond acceptors (Lipinski definition) is 1. The standard InChI is InChI=1S/C12H18O/c1-9-5-4-6-10(2)12(9)8-7-11(3)13/h4-6,11,13H,7-8H2,1-3H3/t11-/m1/s1. The van der Waals surface area contributed by atoms with Crippen LogP contribution >= 0.6 is 0 Å². The summed E-state index contributed by atoms with van der Waals surface area (Å²) in [6.07, 6.45) is 1.64. The zero-order chi connectivity index (χ0) is 9.84. The maximum atomic E-state index is 9.20. The molecule has 0 aliphatic rings. The van der Waals surface area contributed by atoms with Crippen molar-refractivity contribution in [3.63, 3.8) is 0 Å². The summed E-state index contributed by atoms with van der Waals surface area (Å²) in [5, 5.41) is 9.20. The SMILES string of the molecule is Cc1cccc(C)c1CC[C@@H](C)O. The van der Waals surface area contributed by atoms with E-state index in [2.05, 4.69) is 32.0 Å². The van der Waals surface area contributed by atoms with Crippen LogP contribution in [0.4, 0.5) is 0 Å². The minimum absolute atomic E-state index is 0.195. The van der Waals surface area contributed by atoms with Crippen LogP contribution < -0.4 is 0 Å². The van der Waals surface area contributed by atoms with Crippen LogP contribution in [-0.4, -0.2) is 11.2 Å². The summed E-state index contributed by atoms with van der Waals surface area (Å²) in [7, 11) is 0. The summed E-state index contributed by atoms with van der Waals surface area (Å²) in [4.78, 5) is 0. The number of aryl methyl sites for hydroxylation is 2. The predicted molar refractivity (Wildman–Crippen MR) is 55.9 cm³/mol. The van der Waals surface area contributed by atoms with Gasteiger partial charge in [0.05, 0.1) is 6.10 Å². The Labute approximate surface area is 80.4 Å². The molecule has 0 saturated carbocycles. The van der Waals surface area contributed by atoms with Gasteiger partial charge in [-0.15, -0.1) is 0 Å². The highest BCUT2D eigenvalue weighted by atomic mass is 16.3. The van der Waals surface area contributed by atoms with E-state index in [9.17, 15) is 5.11 Å². The molecule has 0 spiro atoms. The van der Waals surface area contributed by atoms with Crippen molar-refractivity contribution in [1.82, 2.24) is 0 Å². The van der Waals surface area contributed by atoms with Crippen molar-refractivity contribution in [3.8, 4) is 0 Å². The molecule has 0 heterocycles. The third kappa shape index (κ3) is 2.85. The minimum atomic E-state index is -0.195. The molecule has 1 N–H and O–H groups in total. The van der Waals surface area contributed by atoms with Crippen molar-refractivity contribution in [1.29, 1.82) is 0 Å². The van der Waals surface area contributed by atoms with E-state index in [4.69, 9.17) is 0 Å². The van der Waals surface area contributed by atoms with Crippen LogP contribution in [0.1, 0.15) is 30.0 Å². The summed E-state index contributed by atoms with van der Waals surface area (Å²) >= 11 is 0. The van der Waals surface area contributed by atoms with E-state index >= 15 is 0 Å². The Morgan fingerprint density at radius 2 is 1.77 bits per heavy atom. The van der Waals surface area contributed by atoms with E-state index in [0.29, 0.717) is 0 Å². The molecule has 0 radical (unpaired) electrons. The van der Waals surface area contributed by atoms with Gasteiger partial charge in [0.1, 0.15) is 0 Å². The number of aliphatic hydroxyl groups is 1. The Hall–Kier alpha value is -0.820. The fourth-order valence-electron chi connectivity index (χ4n) is 1.60. The maximum absolute atomic E-state index is 9.20. The molecule has 0 fully saturated rings. The molecular formula is C12H18O. The van der Waals surface area contributed by atoms with E-state index in [1.807, 2.05) is 6.92 Å². The van der Waals surface area contributed by atoms with E-state index in [1.165, 1.54) is 16.7 Å². The van der Waals surface area contributed by atoms with E-state index in [1.54, 1.807) is 0 Å². The molecule has 1 nitrogen and oxygen atoms in total. The Bertz CT molecular complexity index is 256. The fraction of sp³-hybridized carbons (Fsp3) is 0.500. The zero-order valence-corrected chi connectivity index (χ0v) is 8.67. The van der Waals surface area contributed by atoms with Gasteiger partial charge in [-0.3, -0.25) is 0 Å². The summed E-state index contributed by atoms with van der Waals surface area (Å²) in [6, 6.07) is 6.34. The first-order chi connectivity index (χ1) is 6.11. The molecule has 13 heavy (non-hydrogen) atoms. The van der Waals surface area contributed by atoms with Gasteiger partial charge in [-0.2, -0.15) is 0 Å². The summed E-state index contributed by atoms with van der Waals surface area (Å²) in [5.74, 6) is 0. The number of benzene rings is 1. The molecule has 1 aromatic rings. The molecule has 0 aliphatic heterocycles. The zero-order valence-electron chi connectivity index (χ0n) is 8.67. The molecule has 0 amide bonds. The molecule has 1 heteroatoms. The highest BCUT2D eigenvalue weighted by Gasteiger charge is 2.03. The number of rotatable bonds is 3. The van der Waals surface area contributed by atoms with Gasteiger partial charge in [-0.25, -0.2) is 0 Å². The van der Waals surface area contributed by atoms with E-state index in [-0.39, 0.29) is 6.10 Å². The largest absolute Gasteiger partial charge is 0.393 e. The van der Waals surface area contributed by atoms with Gasteiger partial charge in [-0.1, -0.05) is 18.2 Å². The van der Waals surface area contributed by atoms with E-state index in [0.717, 1.165) is 12.8 Å². The van der Waals surface area contributed by atoms with Gasteiger partial charge in [-0.05, 0) is 50.3 Å². The molecule has 0 aromatic heterocycles. The smallest absolute Gasteiger partial charge is 0.0515 e. The second-order valence-corrected chi connectivity index (χ2v) is 3.76. The lowest BCUT2D eigenvalue weighted by atomic mass is 9.98. The van der Waals surface area contributed by atoms with E-state index < -0.39 is 0 Å². The second kappa shape index (κ2) is 4.43. The van der Waals surface area contributed by atoms with Crippen LogP contribution in [-0.2, 0) is 6.42 Å². The van der Waals surface area contributed by atoms with Crippen LogP contribution in [0, 0.1) is 13.8 Å². The highest BCUT2D eigenvalue weighted by molar-refractivity contribution is 5.33. The number of hydrogen-bond donors (Lipinski definition) is 1. The molecular weight excluding hydrogens is 160 g/mol. The second-order valence-electron chi connectivity index (χ2n) is 3.76. The summed E-state index contributed by atoms with van der Waals surface area (Å²) in [6.45, 7) is 6.10. The molecule has 0 saturated heterocycles. The molecule has 0 aliphatic carbocycles. The van der Waals surface area contributed by atoms with Gasteiger partial charge in [0.15, 0.2) is 0 Å². The Balaban J connectivity index is 2.75. The molecule has 72 valence electrons. The normalized spacial score (nSPS) is 12.9. The summed E-state index contributed by atoms with van der Waals surface area (Å²) in [5.41, 5.74) is 4.06. The number of aliphatic hydroxyl groups excluding tert-OH is 1. The first kappa shape index (κ1) is 10.3. The monoisotopic (exact) mass is 178 g/mol. The van der Waals surface area contributed by atoms with Gasteiger partial charge in [0, 0.05) is 0 Å². The molecule has 0 unspecified atom stereocenters. The molecule has 1 rings (SSSR count). The first-order valence-electron chi connectivity index (χ1n) is 4.84. The third-order valence-corrected chi connectivity index (χ3v) is 2.46. The average molecular weight is 178 g/mol. The van der Waals surface area contributed by atoms with Gasteiger partial charge in [0.25, 0.3) is 0 Å². The Morgan fingerprint density at radius 3 is 2.23 bits per heavy atom. The minimum Gasteiger partial charge on any atom is -0.393 e. The van der Waals surface area contributed by atoms with Gasteiger partial charge < -0.3 is 5.11 Å². The lowest BCUT2D eigenvalue weighted by Crippen LogP contribution is -2.03. The quantitative estimate of drug-likeness (QED) is 0.754.